The first-order valence-electron chi connectivity index (χ1n) is 13.4. The Bertz CT molecular complexity index is 1850. The average Bonchev–Trinajstić information content (AvgIpc) is 3.70. The van der Waals surface area contributed by atoms with Crippen molar-refractivity contribution in [2.45, 2.75) is 29.9 Å². The van der Waals surface area contributed by atoms with Gasteiger partial charge in [-0.3, -0.25) is 14.8 Å². The smallest absolute Gasteiger partial charge is 0.417 e. The van der Waals surface area contributed by atoms with Crippen molar-refractivity contribution in [3.63, 3.8) is 0 Å². The van der Waals surface area contributed by atoms with E-state index < -0.39 is 87.1 Å². The number of carbonyl (C=O) groups is 2. The van der Waals surface area contributed by atoms with Crippen LogP contribution in [0.5, 0.6) is 0 Å². The van der Waals surface area contributed by atoms with E-state index in [2.05, 4.69) is 4.98 Å². The Balaban J connectivity index is 1.49. The van der Waals surface area contributed by atoms with Gasteiger partial charge in [-0.15, -0.1) is 11.3 Å². The number of nitrogens with zero attached hydrogens (tertiary/aromatic N) is 2. The van der Waals surface area contributed by atoms with Gasteiger partial charge in [-0.25, -0.2) is 18.9 Å². The fourth-order valence-corrected chi connectivity index (χ4v) is 8.89. The molecule has 1 aliphatic heterocycles. The maximum Gasteiger partial charge on any atom is 0.417 e. The first-order valence-corrected chi connectivity index (χ1v) is 15.9. The highest BCUT2D eigenvalue weighted by atomic mass is 32.2. The highest BCUT2D eigenvalue weighted by Crippen LogP contribution is 2.46. The van der Waals surface area contributed by atoms with E-state index >= 15 is 0 Å². The number of oxazole rings is 1. The zero-order valence-electron chi connectivity index (χ0n) is 23.4. The molecule has 3 heterocycles. The topological polar surface area (TPSA) is 130 Å². The Kier molecular flexibility index (Phi) is 8.78. The van der Waals surface area contributed by atoms with Gasteiger partial charge in [0.05, 0.1) is 35.1 Å². The molecule has 9 nitrogen and oxygen atoms in total. The molecule has 0 aliphatic carbocycles. The molecule has 0 bridgehead atoms. The van der Waals surface area contributed by atoms with Crippen LogP contribution in [0.3, 0.4) is 0 Å². The van der Waals surface area contributed by atoms with E-state index in [9.17, 15) is 49.6 Å². The molecule has 5 rings (SSSR count). The van der Waals surface area contributed by atoms with Gasteiger partial charge >= 0.3 is 12.4 Å². The molecule has 4 aromatic rings. The normalized spacial score (nSPS) is 18.6. The lowest BCUT2D eigenvalue weighted by Gasteiger charge is -2.30. The Labute approximate surface area is 261 Å². The molecule has 17 heteroatoms. The molecule has 1 fully saturated rings. The molecule has 0 saturated carbocycles. The standard InChI is InChI=1S/C29H23F6N3O6S2/c30-28(31,32)19-5-6-20(21(13-19)29(33,34)35)26(40)38-10-9-27(14-25(39)37-41,46(42,43)12-11-38)24-8-7-23(45-24)18-3-1-17(2-4-18)22-15-36-16-44-22/h1-8,13,15-16,41H,9-12,14H2,(H,37,39). The van der Waals surface area contributed by atoms with E-state index in [1.807, 2.05) is 0 Å². The summed E-state index contributed by atoms with van der Waals surface area (Å²) >= 11 is 1.04. The van der Waals surface area contributed by atoms with Crippen LogP contribution in [0.15, 0.2) is 71.6 Å². The van der Waals surface area contributed by atoms with Crippen molar-refractivity contribution in [2.24, 2.45) is 0 Å². The van der Waals surface area contributed by atoms with Crippen LogP contribution >= 0.6 is 11.3 Å². The van der Waals surface area contributed by atoms with E-state index in [1.54, 1.807) is 30.3 Å². The highest BCUT2D eigenvalue weighted by Gasteiger charge is 2.50. The molecule has 2 N–H and O–H groups in total. The van der Waals surface area contributed by atoms with Crippen LogP contribution in [-0.4, -0.2) is 54.2 Å². The molecule has 2 aromatic carbocycles. The van der Waals surface area contributed by atoms with Crippen LogP contribution in [0, 0.1) is 0 Å². The maximum absolute atomic E-state index is 13.9. The van der Waals surface area contributed by atoms with E-state index in [0.29, 0.717) is 28.3 Å². The fraction of sp³-hybridized carbons (Fsp3) is 0.276. The van der Waals surface area contributed by atoms with Crippen molar-refractivity contribution in [2.75, 3.05) is 18.8 Å². The fourth-order valence-electron chi connectivity index (χ4n) is 5.28. The van der Waals surface area contributed by atoms with Gasteiger partial charge in [0.1, 0.15) is 4.75 Å². The zero-order chi connectivity index (χ0) is 33.5. The molecule has 1 unspecified atom stereocenters. The van der Waals surface area contributed by atoms with Crippen LogP contribution in [0.4, 0.5) is 26.3 Å². The summed E-state index contributed by atoms with van der Waals surface area (Å²) in [6.07, 6.45) is -8.86. The number of hydroxylamine groups is 1. The number of halogens is 6. The van der Waals surface area contributed by atoms with Crippen LogP contribution in [0.25, 0.3) is 21.8 Å². The summed E-state index contributed by atoms with van der Waals surface area (Å²) < 4.78 is 112. The van der Waals surface area contributed by atoms with E-state index in [0.717, 1.165) is 21.8 Å². The number of benzene rings is 2. The van der Waals surface area contributed by atoms with Gasteiger partial charge in [-0.05, 0) is 42.3 Å². The number of hydrogen-bond donors (Lipinski definition) is 2. The number of amides is 2. The monoisotopic (exact) mass is 687 g/mol. The summed E-state index contributed by atoms with van der Waals surface area (Å²) in [5.41, 5.74) is -1.67. The molecular weight excluding hydrogens is 664 g/mol. The molecule has 2 aromatic heterocycles. The van der Waals surface area contributed by atoms with Gasteiger partial charge in [0, 0.05) is 28.4 Å². The molecule has 0 radical (unpaired) electrons. The van der Waals surface area contributed by atoms with Crippen LogP contribution < -0.4 is 5.48 Å². The quantitative estimate of drug-likeness (QED) is 0.141. The average molecular weight is 688 g/mol. The van der Waals surface area contributed by atoms with Crippen LogP contribution in [-0.2, 0) is 31.7 Å². The number of nitrogens with one attached hydrogen (secondary N) is 1. The summed E-state index contributed by atoms with van der Waals surface area (Å²) in [7, 11) is -4.34. The number of rotatable bonds is 6. The van der Waals surface area contributed by atoms with Gasteiger partial charge < -0.3 is 9.32 Å². The van der Waals surface area contributed by atoms with Gasteiger partial charge in [0.2, 0.25) is 5.91 Å². The third-order valence-corrected chi connectivity index (χ3v) is 11.6. The van der Waals surface area contributed by atoms with Crippen molar-refractivity contribution in [3.05, 3.63) is 88.8 Å². The Morgan fingerprint density at radius 3 is 2.28 bits per heavy atom. The lowest BCUT2D eigenvalue weighted by molar-refractivity contribution is -0.143. The van der Waals surface area contributed by atoms with E-state index in [1.165, 1.54) is 24.1 Å². The Morgan fingerprint density at radius 2 is 1.67 bits per heavy atom. The predicted molar refractivity (Wildman–Crippen MR) is 152 cm³/mol. The van der Waals surface area contributed by atoms with Crippen molar-refractivity contribution < 1.29 is 54.0 Å². The largest absolute Gasteiger partial charge is 0.444 e. The minimum atomic E-state index is -5.33. The van der Waals surface area contributed by atoms with Gasteiger partial charge in [-0.1, -0.05) is 24.3 Å². The second kappa shape index (κ2) is 12.2. The minimum Gasteiger partial charge on any atom is -0.444 e. The molecule has 0 spiro atoms. The van der Waals surface area contributed by atoms with E-state index in [-0.39, 0.29) is 10.9 Å². The number of sulfone groups is 1. The first-order chi connectivity index (χ1) is 21.6. The number of aromatic nitrogens is 1. The third-order valence-electron chi connectivity index (χ3n) is 7.69. The highest BCUT2D eigenvalue weighted by molar-refractivity contribution is 7.92. The van der Waals surface area contributed by atoms with Crippen molar-refractivity contribution in [3.8, 4) is 21.8 Å². The minimum absolute atomic E-state index is 0.164. The Morgan fingerprint density at radius 1 is 0.978 bits per heavy atom. The first kappa shape index (κ1) is 33.2. The second-order valence-electron chi connectivity index (χ2n) is 10.4. The van der Waals surface area contributed by atoms with E-state index in [4.69, 9.17) is 4.42 Å². The number of carbonyl (C=O) groups excluding carboxylic acids is 2. The van der Waals surface area contributed by atoms with Crippen molar-refractivity contribution in [1.82, 2.24) is 15.4 Å². The zero-order valence-corrected chi connectivity index (χ0v) is 25.0. The molecule has 46 heavy (non-hydrogen) atoms. The Hall–Kier alpha value is -4.22. The maximum atomic E-state index is 13.9. The lowest BCUT2D eigenvalue weighted by atomic mass is 9.96. The van der Waals surface area contributed by atoms with Gasteiger partial charge in [-0.2, -0.15) is 26.3 Å². The summed E-state index contributed by atoms with van der Waals surface area (Å²) in [5.74, 6) is -2.64. The van der Waals surface area contributed by atoms with Crippen molar-refractivity contribution >= 4 is 33.0 Å². The summed E-state index contributed by atoms with van der Waals surface area (Å²) in [6.45, 7) is -1.06. The van der Waals surface area contributed by atoms with Crippen LogP contribution in [0.1, 0.15) is 39.2 Å². The predicted octanol–water partition coefficient (Wildman–Crippen LogP) is 6.16. The molecule has 1 atom stereocenters. The second-order valence-corrected chi connectivity index (χ2v) is 13.9. The summed E-state index contributed by atoms with van der Waals surface area (Å²) in [4.78, 5) is 31.3. The molecule has 1 saturated heterocycles. The summed E-state index contributed by atoms with van der Waals surface area (Å²) in [5, 5.41) is 9.28. The molecular formula is C29H23F6N3O6S2. The molecule has 1 aliphatic rings. The molecule has 244 valence electrons. The summed E-state index contributed by atoms with van der Waals surface area (Å²) in [6, 6.07) is 10.7. The third kappa shape index (κ3) is 6.39. The molecule has 2 amide bonds. The number of thiophene rings is 1. The van der Waals surface area contributed by atoms with Crippen molar-refractivity contribution in [1.29, 1.82) is 0 Å². The SMILES string of the molecule is O=C(CC1(c2ccc(-c3ccc(-c4cnco4)cc3)s2)CCN(C(=O)c2ccc(C(F)(F)F)cc2C(F)(F)F)CCS1(=O)=O)NO. The van der Waals surface area contributed by atoms with Gasteiger partial charge in [0.15, 0.2) is 22.0 Å². The number of hydrogen-bond acceptors (Lipinski definition) is 8. The van der Waals surface area contributed by atoms with Crippen LogP contribution in [0.2, 0.25) is 0 Å². The lowest BCUT2D eigenvalue weighted by Crippen LogP contribution is -2.41. The van der Waals surface area contributed by atoms with Gasteiger partial charge in [0.25, 0.3) is 5.91 Å². The number of alkyl halides is 6.